The lowest BCUT2D eigenvalue weighted by Gasteiger charge is -2.00. The van der Waals surface area contributed by atoms with E-state index in [0.29, 0.717) is 0 Å². The molecule has 0 radical (unpaired) electrons. The number of carbonyl (C=O) groups is 1. The molecule has 0 fully saturated rings. The molecule has 0 spiro atoms. The maximum absolute atomic E-state index is 10.8. The molecule has 0 aliphatic carbocycles. The molecule has 3 N–H and O–H groups in total. The summed E-state index contributed by atoms with van der Waals surface area (Å²) in [6.45, 7) is 3.01. The lowest BCUT2D eigenvalue weighted by atomic mass is 10.2. The Morgan fingerprint density at radius 3 is 2.17 bits per heavy atom. The van der Waals surface area contributed by atoms with Crippen molar-refractivity contribution in [2.75, 3.05) is 7.05 Å². The lowest BCUT2D eigenvalue weighted by molar-refractivity contribution is -0.114. The van der Waals surface area contributed by atoms with Crippen molar-refractivity contribution in [2.24, 2.45) is 4.99 Å². The second-order valence-corrected chi connectivity index (χ2v) is 2.24. The number of hydrogen-bond donors (Lipinski definition) is 3. The molecule has 0 saturated heterocycles. The van der Waals surface area contributed by atoms with Gasteiger partial charge in [-0.2, -0.15) is 0 Å². The third-order valence-electron chi connectivity index (χ3n) is 1.15. The van der Waals surface area contributed by atoms with E-state index in [1.807, 2.05) is 0 Å². The minimum atomic E-state index is -0.488. The summed E-state index contributed by atoms with van der Waals surface area (Å²) in [5.74, 6) is -0.404. The maximum Gasteiger partial charge on any atom is 0.270 e. The van der Waals surface area contributed by atoms with Gasteiger partial charge in [0.2, 0.25) is 0 Å². The molecular weight excluding hydrogens is 156 g/mol. The van der Waals surface area contributed by atoms with E-state index in [2.05, 4.69) is 10.3 Å². The predicted molar refractivity (Wildman–Crippen MR) is 48.3 cm³/mol. The first kappa shape index (κ1) is 10.5. The van der Waals surface area contributed by atoms with Crippen LogP contribution in [-0.4, -0.2) is 30.2 Å². The lowest BCUT2D eigenvalue weighted by Crippen LogP contribution is -2.31. The van der Waals surface area contributed by atoms with E-state index in [9.17, 15) is 4.79 Å². The number of aliphatic imine (C=N–C) groups is 1. The second-order valence-electron chi connectivity index (χ2n) is 2.24. The second kappa shape index (κ2) is 4.38. The van der Waals surface area contributed by atoms with E-state index < -0.39 is 5.91 Å². The summed E-state index contributed by atoms with van der Waals surface area (Å²) in [6.07, 6.45) is 0. The highest BCUT2D eigenvalue weighted by Gasteiger charge is 2.09. The third-order valence-corrected chi connectivity index (χ3v) is 1.15. The van der Waals surface area contributed by atoms with Crippen molar-refractivity contribution in [1.29, 1.82) is 10.8 Å². The third kappa shape index (κ3) is 3.05. The van der Waals surface area contributed by atoms with Crippen LogP contribution < -0.4 is 5.32 Å². The Bertz CT molecular complexity index is 254. The van der Waals surface area contributed by atoms with Crippen LogP contribution in [0.25, 0.3) is 0 Å². The van der Waals surface area contributed by atoms with Crippen molar-refractivity contribution in [3.8, 4) is 0 Å². The number of amides is 1. The first-order valence-corrected chi connectivity index (χ1v) is 3.40. The van der Waals surface area contributed by atoms with Crippen molar-refractivity contribution in [2.45, 2.75) is 13.8 Å². The fourth-order valence-electron chi connectivity index (χ4n) is 0.597. The summed E-state index contributed by atoms with van der Waals surface area (Å²) < 4.78 is 0. The van der Waals surface area contributed by atoms with Crippen LogP contribution in [-0.2, 0) is 4.79 Å². The standard InChI is InChI=1S/C7H12N4O/c1-4(11-5(2)8)6(9)7(12)10-3/h8-9H,1-3H3,(H,10,12). The summed E-state index contributed by atoms with van der Waals surface area (Å²) in [5, 5.41) is 16.6. The summed E-state index contributed by atoms with van der Waals surface area (Å²) in [6, 6.07) is 0. The van der Waals surface area contributed by atoms with Crippen LogP contribution in [0, 0.1) is 10.8 Å². The van der Waals surface area contributed by atoms with Crippen LogP contribution in [0.15, 0.2) is 4.99 Å². The van der Waals surface area contributed by atoms with Gasteiger partial charge in [0.15, 0.2) is 0 Å². The minimum absolute atomic E-state index is 0.0844. The summed E-state index contributed by atoms with van der Waals surface area (Å²) in [4.78, 5) is 14.5. The zero-order valence-corrected chi connectivity index (χ0v) is 7.36. The largest absolute Gasteiger partial charge is 0.354 e. The highest BCUT2D eigenvalue weighted by molar-refractivity contribution is 6.66. The quantitative estimate of drug-likeness (QED) is 0.399. The monoisotopic (exact) mass is 168 g/mol. The molecule has 0 aliphatic rings. The first-order valence-electron chi connectivity index (χ1n) is 3.40. The van der Waals surface area contributed by atoms with Crippen molar-refractivity contribution in [1.82, 2.24) is 5.32 Å². The van der Waals surface area contributed by atoms with Gasteiger partial charge in [-0.1, -0.05) is 0 Å². The number of hydrogen-bond acceptors (Lipinski definition) is 3. The Morgan fingerprint density at radius 2 is 1.83 bits per heavy atom. The van der Waals surface area contributed by atoms with Crippen molar-refractivity contribution in [3.63, 3.8) is 0 Å². The van der Waals surface area contributed by atoms with E-state index in [0.717, 1.165) is 0 Å². The van der Waals surface area contributed by atoms with Crippen LogP contribution in [0.2, 0.25) is 0 Å². The van der Waals surface area contributed by atoms with Gasteiger partial charge in [0.05, 0.1) is 5.71 Å². The molecule has 66 valence electrons. The zero-order chi connectivity index (χ0) is 9.72. The van der Waals surface area contributed by atoms with Crippen molar-refractivity contribution < 1.29 is 4.79 Å². The fraction of sp³-hybridized carbons (Fsp3) is 0.429. The van der Waals surface area contributed by atoms with Gasteiger partial charge in [0, 0.05) is 7.05 Å². The molecule has 0 aromatic rings. The predicted octanol–water partition coefficient (Wildman–Crippen LogP) is 0.210. The Balaban J connectivity index is 4.50. The summed E-state index contributed by atoms with van der Waals surface area (Å²) >= 11 is 0. The van der Waals surface area contributed by atoms with Crippen molar-refractivity contribution >= 4 is 23.2 Å². The Labute approximate surface area is 70.9 Å². The molecular formula is C7H12N4O. The van der Waals surface area contributed by atoms with E-state index in [4.69, 9.17) is 10.8 Å². The van der Waals surface area contributed by atoms with Gasteiger partial charge in [-0.05, 0) is 13.8 Å². The molecule has 0 bridgehead atoms. The number of rotatable bonds is 2. The van der Waals surface area contributed by atoms with E-state index in [-0.39, 0.29) is 17.3 Å². The Kier molecular flexibility index (Phi) is 3.82. The van der Waals surface area contributed by atoms with Gasteiger partial charge < -0.3 is 5.32 Å². The van der Waals surface area contributed by atoms with Gasteiger partial charge in [0.1, 0.15) is 11.5 Å². The summed E-state index contributed by atoms with van der Waals surface area (Å²) in [7, 11) is 1.45. The van der Waals surface area contributed by atoms with E-state index in [1.165, 1.54) is 20.9 Å². The fourth-order valence-corrected chi connectivity index (χ4v) is 0.597. The Morgan fingerprint density at radius 1 is 1.33 bits per heavy atom. The number of amidine groups is 1. The molecule has 0 unspecified atom stereocenters. The topological polar surface area (TPSA) is 89.2 Å². The minimum Gasteiger partial charge on any atom is -0.354 e. The van der Waals surface area contributed by atoms with Gasteiger partial charge in [0.25, 0.3) is 5.91 Å². The van der Waals surface area contributed by atoms with Crippen LogP contribution in [0.3, 0.4) is 0 Å². The maximum atomic E-state index is 10.8. The van der Waals surface area contributed by atoms with Gasteiger partial charge in [-0.3, -0.25) is 15.6 Å². The van der Waals surface area contributed by atoms with Crippen LogP contribution in [0.4, 0.5) is 0 Å². The molecule has 0 aromatic carbocycles. The smallest absolute Gasteiger partial charge is 0.270 e. The molecule has 0 aliphatic heterocycles. The van der Waals surface area contributed by atoms with Crippen LogP contribution >= 0.6 is 0 Å². The zero-order valence-electron chi connectivity index (χ0n) is 7.36. The van der Waals surface area contributed by atoms with E-state index >= 15 is 0 Å². The number of carbonyl (C=O) groups excluding carboxylic acids is 1. The first-order chi connectivity index (χ1) is 5.49. The molecule has 5 nitrogen and oxygen atoms in total. The highest BCUT2D eigenvalue weighted by atomic mass is 16.1. The molecule has 0 atom stereocenters. The Hall–Kier alpha value is -1.52. The molecule has 1 amide bonds. The van der Waals surface area contributed by atoms with Gasteiger partial charge >= 0.3 is 0 Å². The van der Waals surface area contributed by atoms with E-state index in [1.54, 1.807) is 0 Å². The SMILES string of the molecule is CNC(=O)C(=N)C(C)=NC(C)=N. The van der Waals surface area contributed by atoms with Crippen molar-refractivity contribution in [3.05, 3.63) is 0 Å². The average Bonchev–Trinajstić information content (AvgIpc) is 2.00. The van der Waals surface area contributed by atoms with Crippen LogP contribution in [0.1, 0.15) is 13.8 Å². The molecule has 5 heteroatoms. The molecule has 0 saturated carbocycles. The molecule has 0 aromatic heterocycles. The normalized spacial score (nSPS) is 10.8. The highest BCUT2D eigenvalue weighted by Crippen LogP contribution is 1.84. The van der Waals surface area contributed by atoms with Crippen LogP contribution in [0.5, 0.6) is 0 Å². The average molecular weight is 168 g/mol. The van der Waals surface area contributed by atoms with Gasteiger partial charge in [-0.15, -0.1) is 0 Å². The van der Waals surface area contributed by atoms with Gasteiger partial charge in [-0.25, -0.2) is 4.99 Å². The number of nitrogens with one attached hydrogen (secondary N) is 3. The molecule has 12 heavy (non-hydrogen) atoms. The molecule has 0 heterocycles. The molecule has 0 rings (SSSR count). The number of nitrogens with zero attached hydrogens (tertiary/aromatic N) is 1. The summed E-state index contributed by atoms with van der Waals surface area (Å²) in [5.41, 5.74) is 0.0472.